The van der Waals surface area contributed by atoms with Gasteiger partial charge < -0.3 is 4.74 Å². The second-order valence-corrected chi connectivity index (χ2v) is 7.53. The Balaban J connectivity index is 2.17. The molecule has 0 heterocycles. The monoisotopic (exact) mass is 358 g/mol. The van der Waals surface area contributed by atoms with Gasteiger partial charge in [-0.15, -0.1) is 0 Å². The molecule has 2 aromatic rings. The maximum Gasteiger partial charge on any atom is 0.244 e. The van der Waals surface area contributed by atoms with E-state index >= 15 is 0 Å². The number of nitriles is 1. The standard InChI is InChI=1S/C19H22N2O3S/c1-2-3-15-24-18-9-11-19(12-10-18)25(22,23)21(14-13-20)16-17-7-5-4-6-8-17/h4-12H,2-3,14-16H2,1H3. The highest BCUT2D eigenvalue weighted by atomic mass is 32.2. The van der Waals surface area contributed by atoms with E-state index in [1.165, 1.54) is 16.4 Å². The molecule has 5 nitrogen and oxygen atoms in total. The van der Waals surface area contributed by atoms with E-state index < -0.39 is 10.0 Å². The first-order chi connectivity index (χ1) is 12.1. The Hall–Kier alpha value is -2.36. The Morgan fingerprint density at radius 3 is 2.36 bits per heavy atom. The van der Waals surface area contributed by atoms with Gasteiger partial charge in [0, 0.05) is 6.54 Å². The molecule has 0 atom stereocenters. The number of unbranched alkanes of at least 4 members (excludes halogenated alkanes) is 1. The minimum absolute atomic E-state index is 0.154. The van der Waals surface area contributed by atoms with Gasteiger partial charge in [-0.25, -0.2) is 8.42 Å². The molecule has 0 fully saturated rings. The average Bonchev–Trinajstić information content (AvgIpc) is 2.63. The molecular weight excluding hydrogens is 336 g/mol. The number of nitrogens with zero attached hydrogens (tertiary/aromatic N) is 2. The third kappa shape index (κ3) is 5.31. The lowest BCUT2D eigenvalue weighted by molar-refractivity contribution is 0.309. The van der Waals surface area contributed by atoms with Gasteiger partial charge in [0.25, 0.3) is 0 Å². The number of rotatable bonds is 9. The first kappa shape index (κ1) is 19.0. The van der Waals surface area contributed by atoms with Crippen molar-refractivity contribution < 1.29 is 13.2 Å². The number of ether oxygens (including phenoxy) is 1. The maximum absolute atomic E-state index is 12.8. The van der Waals surface area contributed by atoms with Crippen molar-refractivity contribution in [2.24, 2.45) is 0 Å². The predicted octanol–water partition coefficient (Wildman–Crippen LogP) is 3.58. The van der Waals surface area contributed by atoms with Crippen molar-refractivity contribution in [1.82, 2.24) is 4.31 Å². The van der Waals surface area contributed by atoms with Gasteiger partial charge in [-0.3, -0.25) is 0 Å². The van der Waals surface area contributed by atoms with Crippen LogP contribution in [0.4, 0.5) is 0 Å². The van der Waals surface area contributed by atoms with Crippen LogP contribution >= 0.6 is 0 Å². The van der Waals surface area contributed by atoms with Crippen molar-refractivity contribution in [3.8, 4) is 11.8 Å². The van der Waals surface area contributed by atoms with Crippen LogP contribution < -0.4 is 4.74 Å². The number of hydrogen-bond acceptors (Lipinski definition) is 4. The van der Waals surface area contributed by atoms with Gasteiger partial charge in [0.15, 0.2) is 0 Å². The molecule has 0 N–H and O–H groups in total. The minimum atomic E-state index is -3.75. The lowest BCUT2D eigenvalue weighted by Crippen LogP contribution is -2.31. The zero-order valence-corrected chi connectivity index (χ0v) is 15.1. The molecule has 0 saturated heterocycles. The summed E-state index contributed by atoms with van der Waals surface area (Å²) in [5.41, 5.74) is 0.834. The summed E-state index contributed by atoms with van der Waals surface area (Å²) in [6.45, 7) is 2.64. The van der Waals surface area contributed by atoms with Gasteiger partial charge >= 0.3 is 0 Å². The number of benzene rings is 2. The van der Waals surface area contributed by atoms with Crippen LogP contribution in [-0.2, 0) is 16.6 Å². The van der Waals surface area contributed by atoms with Crippen LogP contribution in [0.5, 0.6) is 5.75 Å². The molecule has 6 heteroatoms. The van der Waals surface area contributed by atoms with Gasteiger partial charge in [-0.05, 0) is 36.2 Å². The summed E-state index contributed by atoms with van der Waals surface area (Å²) in [5.74, 6) is 0.641. The van der Waals surface area contributed by atoms with Crippen LogP contribution in [0.1, 0.15) is 25.3 Å². The lowest BCUT2D eigenvalue weighted by Gasteiger charge is -2.19. The van der Waals surface area contributed by atoms with Crippen LogP contribution in [-0.4, -0.2) is 25.9 Å². The molecule has 0 aliphatic carbocycles. The van der Waals surface area contributed by atoms with Crippen molar-refractivity contribution >= 4 is 10.0 Å². The van der Waals surface area contributed by atoms with E-state index in [-0.39, 0.29) is 18.0 Å². The third-order valence-electron chi connectivity index (χ3n) is 3.68. The Labute approximate surface area is 149 Å². The fraction of sp³-hybridized carbons (Fsp3) is 0.316. The molecule has 0 bridgehead atoms. The van der Waals surface area contributed by atoms with Crippen molar-refractivity contribution in [3.05, 3.63) is 60.2 Å². The van der Waals surface area contributed by atoms with Crippen LogP contribution in [0.3, 0.4) is 0 Å². The van der Waals surface area contributed by atoms with E-state index in [4.69, 9.17) is 10.00 Å². The first-order valence-electron chi connectivity index (χ1n) is 8.22. The van der Waals surface area contributed by atoms with Crippen LogP contribution in [0.25, 0.3) is 0 Å². The summed E-state index contributed by atoms with van der Waals surface area (Å²) in [5, 5.41) is 9.01. The van der Waals surface area contributed by atoms with Gasteiger partial charge in [-0.2, -0.15) is 9.57 Å². The maximum atomic E-state index is 12.8. The van der Waals surface area contributed by atoms with E-state index in [1.807, 2.05) is 36.4 Å². The first-order valence-corrected chi connectivity index (χ1v) is 9.66. The van der Waals surface area contributed by atoms with E-state index in [2.05, 4.69) is 6.92 Å². The average molecular weight is 358 g/mol. The molecular formula is C19H22N2O3S. The van der Waals surface area contributed by atoms with Crippen molar-refractivity contribution in [2.75, 3.05) is 13.2 Å². The summed E-state index contributed by atoms with van der Waals surface area (Å²) < 4.78 is 32.4. The largest absolute Gasteiger partial charge is 0.494 e. The lowest BCUT2D eigenvalue weighted by atomic mass is 10.2. The van der Waals surface area contributed by atoms with Crippen LogP contribution in [0.15, 0.2) is 59.5 Å². The summed E-state index contributed by atoms with van der Waals surface area (Å²) >= 11 is 0. The number of sulfonamides is 1. The molecule has 0 unspecified atom stereocenters. The van der Waals surface area contributed by atoms with E-state index in [9.17, 15) is 8.42 Å². The molecule has 0 amide bonds. The normalized spacial score (nSPS) is 11.2. The van der Waals surface area contributed by atoms with Crippen LogP contribution in [0.2, 0.25) is 0 Å². The Kier molecular flexibility index (Phi) is 6.99. The van der Waals surface area contributed by atoms with Crippen LogP contribution in [0, 0.1) is 11.3 Å². The molecule has 2 rings (SSSR count). The molecule has 0 spiro atoms. The molecule has 0 aliphatic heterocycles. The molecule has 0 aromatic heterocycles. The summed E-state index contributed by atoms with van der Waals surface area (Å²) in [7, 11) is -3.75. The molecule has 0 radical (unpaired) electrons. The zero-order valence-electron chi connectivity index (χ0n) is 14.3. The second-order valence-electron chi connectivity index (χ2n) is 5.59. The second kappa shape index (κ2) is 9.21. The van der Waals surface area contributed by atoms with Crippen molar-refractivity contribution in [2.45, 2.75) is 31.2 Å². The zero-order chi connectivity index (χ0) is 18.1. The summed E-state index contributed by atoms with van der Waals surface area (Å²) in [4.78, 5) is 0.154. The highest BCUT2D eigenvalue weighted by Gasteiger charge is 2.24. The Morgan fingerprint density at radius 2 is 1.76 bits per heavy atom. The number of hydrogen-bond donors (Lipinski definition) is 0. The summed E-state index contributed by atoms with van der Waals surface area (Å²) in [6.07, 6.45) is 1.99. The smallest absolute Gasteiger partial charge is 0.244 e. The predicted molar refractivity (Wildman–Crippen MR) is 96.5 cm³/mol. The molecule has 0 saturated carbocycles. The molecule has 0 aliphatic rings. The van der Waals surface area contributed by atoms with Gasteiger partial charge in [0.05, 0.1) is 17.6 Å². The van der Waals surface area contributed by atoms with E-state index in [0.29, 0.717) is 12.4 Å². The third-order valence-corrected chi connectivity index (χ3v) is 5.48. The topological polar surface area (TPSA) is 70.4 Å². The van der Waals surface area contributed by atoms with Gasteiger partial charge in [0.2, 0.25) is 10.0 Å². The Morgan fingerprint density at radius 1 is 1.08 bits per heavy atom. The summed E-state index contributed by atoms with van der Waals surface area (Å²) in [6, 6.07) is 17.5. The van der Waals surface area contributed by atoms with Gasteiger partial charge in [-0.1, -0.05) is 43.7 Å². The quantitative estimate of drug-likeness (QED) is 0.507. The molecule has 132 valence electrons. The molecule has 25 heavy (non-hydrogen) atoms. The fourth-order valence-corrected chi connectivity index (χ4v) is 3.61. The van der Waals surface area contributed by atoms with Crippen molar-refractivity contribution in [1.29, 1.82) is 5.26 Å². The van der Waals surface area contributed by atoms with Gasteiger partial charge in [0.1, 0.15) is 12.3 Å². The fourth-order valence-electron chi connectivity index (χ4n) is 2.28. The minimum Gasteiger partial charge on any atom is -0.494 e. The van der Waals surface area contributed by atoms with E-state index in [1.54, 1.807) is 12.1 Å². The Bertz CT molecular complexity index is 797. The van der Waals surface area contributed by atoms with Crippen molar-refractivity contribution in [3.63, 3.8) is 0 Å². The highest BCUT2D eigenvalue weighted by molar-refractivity contribution is 7.89. The SMILES string of the molecule is CCCCOc1ccc(S(=O)(=O)N(CC#N)Cc2ccccc2)cc1. The molecule has 2 aromatic carbocycles. The van der Waals surface area contributed by atoms with E-state index in [0.717, 1.165) is 18.4 Å². The highest BCUT2D eigenvalue weighted by Crippen LogP contribution is 2.21.